The number of thiazole rings is 1. The second kappa shape index (κ2) is 5.93. The fourth-order valence-corrected chi connectivity index (χ4v) is 2.38. The maximum atomic E-state index is 11.9. The third kappa shape index (κ3) is 2.91. The third-order valence-corrected chi connectivity index (χ3v) is 3.56. The van der Waals surface area contributed by atoms with Crippen molar-refractivity contribution < 1.29 is 9.53 Å². The van der Waals surface area contributed by atoms with Crippen molar-refractivity contribution in [2.45, 2.75) is 0 Å². The van der Waals surface area contributed by atoms with Gasteiger partial charge in [-0.1, -0.05) is 0 Å². The fraction of sp³-hybridized carbons (Fsp3) is 0.333. The number of nitrogens with one attached hydrogen (secondary N) is 1. The van der Waals surface area contributed by atoms with Gasteiger partial charge in [0, 0.05) is 24.7 Å². The summed E-state index contributed by atoms with van der Waals surface area (Å²) in [7, 11) is 0. The predicted molar refractivity (Wildman–Crippen MR) is 75.1 cm³/mol. The smallest absolute Gasteiger partial charge is 0.277 e. The number of hydrogen-bond donors (Lipinski definition) is 1. The number of hydrogen-bond acceptors (Lipinski definition) is 7. The van der Waals surface area contributed by atoms with Crippen LogP contribution in [-0.2, 0) is 4.74 Å². The summed E-state index contributed by atoms with van der Waals surface area (Å²) in [6.07, 6.45) is 1.63. The molecule has 20 heavy (non-hydrogen) atoms. The van der Waals surface area contributed by atoms with E-state index in [-0.39, 0.29) is 11.6 Å². The highest BCUT2D eigenvalue weighted by Gasteiger charge is 2.14. The van der Waals surface area contributed by atoms with E-state index in [2.05, 4.69) is 25.4 Å². The molecule has 7 nitrogen and oxygen atoms in total. The fourth-order valence-electron chi connectivity index (χ4n) is 1.85. The van der Waals surface area contributed by atoms with E-state index < -0.39 is 0 Å². The minimum absolute atomic E-state index is 0.275. The summed E-state index contributed by atoms with van der Waals surface area (Å²) in [6.45, 7) is 2.96. The molecule has 1 saturated heterocycles. The van der Waals surface area contributed by atoms with E-state index in [9.17, 15) is 4.79 Å². The number of carbonyl (C=O) groups is 1. The Labute approximate surface area is 119 Å². The zero-order chi connectivity index (χ0) is 13.8. The monoisotopic (exact) mass is 291 g/mol. The van der Waals surface area contributed by atoms with E-state index >= 15 is 0 Å². The summed E-state index contributed by atoms with van der Waals surface area (Å²) in [5.41, 5.74) is 0.275. The molecule has 1 fully saturated rings. The zero-order valence-electron chi connectivity index (χ0n) is 10.7. The van der Waals surface area contributed by atoms with Gasteiger partial charge >= 0.3 is 0 Å². The summed E-state index contributed by atoms with van der Waals surface area (Å²) in [4.78, 5) is 18.0. The van der Waals surface area contributed by atoms with Gasteiger partial charge in [-0.25, -0.2) is 4.98 Å². The molecule has 0 bridgehead atoms. The Morgan fingerprint density at radius 1 is 1.30 bits per heavy atom. The Balaban J connectivity index is 1.67. The molecular weight excluding hydrogens is 278 g/mol. The van der Waals surface area contributed by atoms with Crippen molar-refractivity contribution in [3.8, 4) is 0 Å². The van der Waals surface area contributed by atoms with Gasteiger partial charge in [0.15, 0.2) is 16.6 Å². The molecule has 0 aliphatic carbocycles. The first-order chi connectivity index (χ1) is 9.83. The maximum Gasteiger partial charge on any atom is 0.277 e. The van der Waals surface area contributed by atoms with Gasteiger partial charge in [0.2, 0.25) is 0 Å². The molecule has 0 aromatic carbocycles. The first-order valence-corrected chi connectivity index (χ1v) is 7.08. The van der Waals surface area contributed by atoms with Crippen molar-refractivity contribution in [3.05, 3.63) is 29.4 Å². The average molecular weight is 291 g/mol. The molecule has 0 unspecified atom stereocenters. The van der Waals surface area contributed by atoms with Gasteiger partial charge in [-0.05, 0) is 12.1 Å². The lowest BCUT2D eigenvalue weighted by Crippen LogP contribution is -2.37. The molecule has 8 heteroatoms. The molecule has 1 amide bonds. The number of morpholine rings is 1. The van der Waals surface area contributed by atoms with E-state index in [0.717, 1.165) is 18.9 Å². The molecule has 1 aliphatic heterocycles. The molecule has 104 valence electrons. The molecule has 0 atom stereocenters. The SMILES string of the molecule is O=C(Nc1nccs1)c1ccc(N2CCOCC2)nn1. The highest BCUT2D eigenvalue weighted by atomic mass is 32.1. The zero-order valence-corrected chi connectivity index (χ0v) is 11.5. The van der Waals surface area contributed by atoms with Crippen LogP contribution in [0.4, 0.5) is 10.9 Å². The molecular formula is C12H13N5O2S. The molecule has 2 aromatic rings. The highest BCUT2D eigenvalue weighted by Crippen LogP contribution is 2.14. The van der Waals surface area contributed by atoms with Crippen LogP contribution < -0.4 is 10.2 Å². The molecule has 0 spiro atoms. The van der Waals surface area contributed by atoms with Gasteiger partial charge in [-0.2, -0.15) is 0 Å². The molecule has 1 N–H and O–H groups in total. The second-order valence-electron chi connectivity index (χ2n) is 4.17. The normalized spacial score (nSPS) is 15.1. The summed E-state index contributed by atoms with van der Waals surface area (Å²) in [5.74, 6) is 0.458. The Hall–Kier alpha value is -2.06. The van der Waals surface area contributed by atoms with Crippen molar-refractivity contribution >= 4 is 28.2 Å². The number of amides is 1. The summed E-state index contributed by atoms with van der Waals surface area (Å²) in [5, 5.41) is 13.1. The van der Waals surface area contributed by atoms with Crippen LogP contribution >= 0.6 is 11.3 Å². The van der Waals surface area contributed by atoms with Gasteiger partial charge in [-0.15, -0.1) is 21.5 Å². The van der Waals surface area contributed by atoms with Crippen molar-refractivity contribution in [1.82, 2.24) is 15.2 Å². The van der Waals surface area contributed by atoms with E-state index in [0.29, 0.717) is 18.3 Å². The van der Waals surface area contributed by atoms with Crippen molar-refractivity contribution in [1.29, 1.82) is 0 Å². The molecule has 0 radical (unpaired) electrons. The van der Waals surface area contributed by atoms with E-state index in [1.165, 1.54) is 11.3 Å². The lowest BCUT2D eigenvalue weighted by Gasteiger charge is -2.27. The summed E-state index contributed by atoms with van der Waals surface area (Å²) >= 11 is 1.36. The van der Waals surface area contributed by atoms with Crippen LogP contribution in [-0.4, -0.2) is 47.4 Å². The number of ether oxygens (including phenoxy) is 1. The Morgan fingerprint density at radius 3 is 2.80 bits per heavy atom. The van der Waals surface area contributed by atoms with Gasteiger partial charge in [-0.3, -0.25) is 10.1 Å². The largest absolute Gasteiger partial charge is 0.378 e. The second-order valence-corrected chi connectivity index (χ2v) is 5.06. The molecule has 1 aliphatic rings. The quantitative estimate of drug-likeness (QED) is 0.909. The number of anilines is 2. The minimum Gasteiger partial charge on any atom is -0.378 e. The van der Waals surface area contributed by atoms with Crippen LogP contribution in [0.2, 0.25) is 0 Å². The first kappa shape index (κ1) is 12.9. The Bertz CT molecular complexity index is 566. The number of aromatic nitrogens is 3. The lowest BCUT2D eigenvalue weighted by atomic mass is 10.3. The maximum absolute atomic E-state index is 11.9. The Morgan fingerprint density at radius 2 is 2.15 bits per heavy atom. The topological polar surface area (TPSA) is 80.2 Å². The standard InChI is InChI=1S/C12H13N5O2S/c18-11(14-12-13-3-8-20-12)9-1-2-10(16-15-9)17-4-6-19-7-5-17/h1-3,8H,4-7H2,(H,13,14,18). The molecule has 2 aromatic heterocycles. The van der Waals surface area contributed by atoms with Gasteiger partial charge in [0.1, 0.15) is 0 Å². The number of rotatable bonds is 3. The average Bonchev–Trinajstić information content (AvgIpc) is 3.01. The van der Waals surface area contributed by atoms with Gasteiger partial charge in [0.05, 0.1) is 13.2 Å². The van der Waals surface area contributed by atoms with Crippen LogP contribution in [0, 0.1) is 0 Å². The van der Waals surface area contributed by atoms with Crippen LogP contribution in [0.3, 0.4) is 0 Å². The molecule has 3 rings (SSSR count). The van der Waals surface area contributed by atoms with E-state index in [1.54, 1.807) is 23.7 Å². The van der Waals surface area contributed by atoms with Crippen molar-refractivity contribution in [3.63, 3.8) is 0 Å². The van der Waals surface area contributed by atoms with Crippen LogP contribution in [0.25, 0.3) is 0 Å². The highest BCUT2D eigenvalue weighted by molar-refractivity contribution is 7.13. The summed E-state index contributed by atoms with van der Waals surface area (Å²) < 4.78 is 5.28. The van der Waals surface area contributed by atoms with Gasteiger partial charge < -0.3 is 9.64 Å². The lowest BCUT2D eigenvalue weighted by molar-refractivity contribution is 0.102. The first-order valence-electron chi connectivity index (χ1n) is 6.20. The van der Waals surface area contributed by atoms with Crippen LogP contribution in [0.15, 0.2) is 23.7 Å². The van der Waals surface area contributed by atoms with E-state index in [1.807, 2.05) is 0 Å². The van der Waals surface area contributed by atoms with Crippen molar-refractivity contribution in [2.75, 3.05) is 36.5 Å². The number of carbonyl (C=O) groups excluding carboxylic acids is 1. The minimum atomic E-state index is -0.305. The van der Waals surface area contributed by atoms with Gasteiger partial charge in [0.25, 0.3) is 5.91 Å². The summed E-state index contributed by atoms with van der Waals surface area (Å²) in [6, 6.07) is 3.47. The third-order valence-electron chi connectivity index (χ3n) is 2.87. The molecule has 3 heterocycles. The van der Waals surface area contributed by atoms with E-state index in [4.69, 9.17) is 4.74 Å². The Kier molecular flexibility index (Phi) is 3.84. The number of nitrogens with zero attached hydrogens (tertiary/aromatic N) is 4. The molecule has 0 saturated carbocycles. The predicted octanol–water partition coefficient (Wildman–Crippen LogP) is 1.02. The van der Waals surface area contributed by atoms with Crippen LogP contribution in [0.5, 0.6) is 0 Å². The van der Waals surface area contributed by atoms with Crippen molar-refractivity contribution in [2.24, 2.45) is 0 Å². The van der Waals surface area contributed by atoms with Crippen LogP contribution in [0.1, 0.15) is 10.5 Å².